The van der Waals surface area contributed by atoms with Crippen molar-refractivity contribution in [2.45, 2.75) is 0 Å². The second kappa shape index (κ2) is 6.24. The molecule has 6 nitrogen and oxygen atoms in total. The topological polar surface area (TPSA) is 93.4 Å². The van der Waals surface area contributed by atoms with Gasteiger partial charge in [-0.3, -0.25) is 10.1 Å². The van der Waals surface area contributed by atoms with E-state index in [0.29, 0.717) is 32.9 Å². The third-order valence-corrected chi connectivity index (χ3v) is 4.85. The lowest BCUT2D eigenvalue weighted by atomic mass is 9.96. The van der Waals surface area contributed by atoms with Crippen molar-refractivity contribution in [3.8, 4) is 22.4 Å². The Kier molecular flexibility index (Phi) is 3.70. The number of rotatable bonds is 2. The first-order valence-electron chi connectivity index (χ1n) is 8.41. The number of nitrogens with two attached hydrogens (primary N) is 1. The lowest BCUT2D eigenvalue weighted by Gasteiger charge is -2.14. The number of anilines is 1. The maximum atomic E-state index is 13.5. The number of benzene rings is 2. The predicted molar refractivity (Wildman–Crippen MR) is 107 cm³/mol. The molecule has 0 atom stereocenters. The minimum atomic E-state index is -0.332. The highest BCUT2D eigenvalue weighted by Crippen LogP contribution is 2.39. The zero-order chi connectivity index (χ0) is 19.3. The molecule has 3 aromatic heterocycles. The molecule has 0 spiro atoms. The number of fused-ring (bicyclic) bond motifs is 2. The first-order valence-corrected chi connectivity index (χ1v) is 8.79. The molecule has 0 aliphatic carbocycles. The van der Waals surface area contributed by atoms with E-state index in [-0.39, 0.29) is 11.6 Å². The van der Waals surface area contributed by atoms with Crippen molar-refractivity contribution >= 4 is 39.4 Å². The fraction of sp³-hybridized carbons (Fsp3) is 0. The van der Waals surface area contributed by atoms with E-state index >= 15 is 0 Å². The third-order valence-electron chi connectivity index (χ3n) is 4.55. The van der Waals surface area contributed by atoms with Crippen LogP contribution in [-0.2, 0) is 0 Å². The Morgan fingerprint density at radius 2 is 1.71 bits per heavy atom. The molecule has 0 saturated carbocycles. The van der Waals surface area contributed by atoms with Crippen LogP contribution in [0.3, 0.4) is 0 Å². The fourth-order valence-electron chi connectivity index (χ4n) is 3.30. The van der Waals surface area contributed by atoms with Crippen molar-refractivity contribution < 1.29 is 4.39 Å². The van der Waals surface area contributed by atoms with Crippen LogP contribution in [0.25, 0.3) is 44.3 Å². The van der Waals surface area contributed by atoms with Gasteiger partial charge in [-0.2, -0.15) is 5.10 Å². The molecule has 0 bridgehead atoms. The summed E-state index contributed by atoms with van der Waals surface area (Å²) in [6, 6.07) is 9.82. The second-order valence-corrected chi connectivity index (χ2v) is 6.68. The van der Waals surface area contributed by atoms with E-state index in [2.05, 4.69) is 25.1 Å². The van der Waals surface area contributed by atoms with Crippen LogP contribution in [0, 0.1) is 5.82 Å². The second-order valence-electron chi connectivity index (χ2n) is 6.27. The summed E-state index contributed by atoms with van der Waals surface area (Å²) in [5, 5.41) is 8.29. The molecular formula is C20H12ClFN6. The molecule has 8 heteroatoms. The number of halogens is 2. The average molecular weight is 391 g/mol. The number of nitrogens with one attached hydrogen (secondary N) is 1. The number of nitrogen functional groups attached to an aromatic ring is 1. The van der Waals surface area contributed by atoms with Crippen LogP contribution in [0.1, 0.15) is 0 Å². The van der Waals surface area contributed by atoms with Gasteiger partial charge in [0.25, 0.3) is 0 Å². The van der Waals surface area contributed by atoms with Crippen LogP contribution >= 0.6 is 11.6 Å². The average Bonchev–Trinajstić information content (AvgIpc) is 3.18. The van der Waals surface area contributed by atoms with Crippen LogP contribution in [0.5, 0.6) is 0 Å². The van der Waals surface area contributed by atoms with Crippen molar-refractivity contribution in [2.24, 2.45) is 0 Å². The van der Waals surface area contributed by atoms with Crippen molar-refractivity contribution in [1.82, 2.24) is 25.1 Å². The Morgan fingerprint density at radius 3 is 2.50 bits per heavy atom. The van der Waals surface area contributed by atoms with E-state index in [9.17, 15) is 4.39 Å². The largest absolute Gasteiger partial charge is 0.382 e. The molecule has 2 aromatic carbocycles. The van der Waals surface area contributed by atoms with E-state index < -0.39 is 0 Å². The number of H-pyrrole nitrogens is 1. The maximum Gasteiger partial charge on any atom is 0.152 e. The monoisotopic (exact) mass is 390 g/mol. The smallest absolute Gasteiger partial charge is 0.152 e. The molecule has 28 heavy (non-hydrogen) atoms. The Bertz CT molecular complexity index is 1350. The maximum absolute atomic E-state index is 13.5. The van der Waals surface area contributed by atoms with Gasteiger partial charge in [-0.15, -0.1) is 0 Å². The first-order chi connectivity index (χ1) is 13.6. The summed E-state index contributed by atoms with van der Waals surface area (Å²) in [5.41, 5.74) is 10.8. The van der Waals surface area contributed by atoms with E-state index in [1.807, 2.05) is 12.1 Å². The lowest BCUT2D eigenvalue weighted by molar-refractivity contribution is 0.628. The number of hydrogen-bond acceptors (Lipinski definition) is 5. The van der Waals surface area contributed by atoms with Crippen LogP contribution < -0.4 is 5.73 Å². The Morgan fingerprint density at radius 1 is 0.964 bits per heavy atom. The number of aromatic nitrogens is 5. The molecule has 5 rings (SSSR count). The number of hydrogen-bond donors (Lipinski definition) is 2. The van der Waals surface area contributed by atoms with Gasteiger partial charge in [0.1, 0.15) is 16.9 Å². The molecule has 0 aliphatic heterocycles. The van der Waals surface area contributed by atoms with Crippen molar-refractivity contribution in [2.75, 3.05) is 5.73 Å². The van der Waals surface area contributed by atoms with Gasteiger partial charge in [-0.1, -0.05) is 11.6 Å². The van der Waals surface area contributed by atoms with Crippen molar-refractivity contribution in [3.63, 3.8) is 0 Å². The Hall–Kier alpha value is -3.58. The molecule has 5 aromatic rings. The minimum absolute atomic E-state index is 0.252. The Balaban J connectivity index is 1.90. The lowest BCUT2D eigenvalue weighted by Crippen LogP contribution is -2.01. The molecule has 3 heterocycles. The number of aromatic amines is 1. The summed E-state index contributed by atoms with van der Waals surface area (Å²) in [7, 11) is 0. The summed E-state index contributed by atoms with van der Waals surface area (Å²) >= 11 is 6.45. The van der Waals surface area contributed by atoms with Gasteiger partial charge >= 0.3 is 0 Å². The number of nitrogens with zero attached hydrogens (tertiary/aromatic N) is 4. The summed E-state index contributed by atoms with van der Waals surface area (Å²) in [4.78, 5) is 13.4. The standard InChI is InChI=1S/C20H12ClFN6/c21-14-8-11(7-12-9-26-28-16(12)14)15-17(10-1-3-13(22)4-2-10)27-20(23)19-18(15)24-5-6-25-19/h1-9H,(H2,23,27)(H,26,28). The minimum Gasteiger partial charge on any atom is -0.382 e. The van der Waals surface area contributed by atoms with Crippen molar-refractivity contribution in [3.05, 3.63) is 65.8 Å². The van der Waals surface area contributed by atoms with Gasteiger partial charge in [0.05, 0.1) is 22.4 Å². The summed E-state index contributed by atoms with van der Waals surface area (Å²) in [6.45, 7) is 0. The van der Waals surface area contributed by atoms with E-state index in [1.165, 1.54) is 12.1 Å². The summed E-state index contributed by atoms with van der Waals surface area (Å²) < 4.78 is 13.5. The quantitative estimate of drug-likeness (QED) is 0.459. The van der Waals surface area contributed by atoms with E-state index in [0.717, 1.165) is 16.5 Å². The van der Waals surface area contributed by atoms with Gasteiger partial charge in [0, 0.05) is 28.9 Å². The van der Waals surface area contributed by atoms with Crippen LogP contribution in [0.15, 0.2) is 55.0 Å². The third kappa shape index (κ3) is 2.56. The van der Waals surface area contributed by atoms with Crippen LogP contribution in [-0.4, -0.2) is 25.1 Å². The molecule has 0 fully saturated rings. The highest BCUT2D eigenvalue weighted by molar-refractivity contribution is 6.35. The molecule has 0 amide bonds. The molecule has 0 radical (unpaired) electrons. The normalized spacial score (nSPS) is 11.4. The van der Waals surface area contributed by atoms with Gasteiger partial charge in [-0.05, 0) is 42.0 Å². The highest BCUT2D eigenvalue weighted by Gasteiger charge is 2.19. The molecular weight excluding hydrogens is 379 g/mol. The molecule has 3 N–H and O–H groups in total. The molecule has 0 saturated heterocycles. The van der Waals surface area contributed by atoms with Crippen LogP contribution in [0.2, 0.25) is 5.02 Å². The molecule has 136 valence electrons. The summed E-state index contributed by atoms with van der Waals surface area (Å²) in [6.07, 6.45) is 4.85. The van der Waals surface area contributed by atoms with Gasteiger partial charge < -0.3 is 5.73 Å². The van der Waals surface area contributed by atoms with Gasteiger partial charge in [0.2, 0.25) is 0 Å². The zero-order valence-corrected chi connectivity index (χ0v) is 15.1. The highest BCUT2D eigenvalue weighted by atomic mass is 35.5. The summed E-state index contributed by atoms with van der Waals surface area (Å²) in [5.74, 6) is -0.0802. The molecule has 0 unspecified atom stereocenters. The van der Waals surface area contributed by atoms with Gasteiger partial charge in [0.15, 0.2) is 5.82 Å². The van der Waals surface area contributed by atoms with E-state index in [4.69, 9.17) is 17.3 Å². The van der Waals surface area contributed by atoms with Crippen LogP contribution in [0.4, 0.5) is 10.2 Å². The van der Waals surface area contributed by atoms with E-state index in [1.54, 1.807) is 30.7 Å². The zero-order valence-electron chi connectivity index (χ0n) is 14.3. The predicted octanol–water partition coefficient (Wildman–Crippen LogP) is 4.61. The number of pyridine rings is 1. The van der Waals surface area contributed by atoms with Gasteiger partial charge in [-0.25, -0.2) is 14.4 Å². The SMILES string of the molecule is Nc1nc(-c2ccc(F)cc2)c(-c2cc(Cl)c3[nH]ncc3c2)c2nccnc12. The fourth-order valence-corrected chi connectivity index (χ4v) is 3.57. The molecule has 0 aliphatic rings. The van der Waals surface area contributed by atoms with Crippen molar-refractivity contribution in [1.29, 1.82) is 0 Å². The first kappa shape index (κ1) is 16.6. The Labute approximate surface area is 163 Å².